The summed E-state index contributed by atoms with van der Waals surface area (Å²) in [6.07, 6.45) is 1.91. The standard InChI is InChI=1S/C14H24N4O/c1-14(2,12-5-4-6-16-12)10-17-13(19)11-9-18(3)8-7-15-11/h4-6,11,15-16H,7-10H2,1-3H3,(H,17,19). The number of likely N-dealkylation sites (N-methyl/N-ethyl adjacent to an activating group) is 1. The quantitative estimate of drug-likeness (QED) is 0.733. The van der Waals surface area contributed by atoms with Gasteiger partial charge in [-0.1, -0.05) is 13.8 Å². The van der Waals surface area contributed by atoms with Crippen LogP contribution in [0.5, 0.6) is 0 Å². The van der Waals surface area contributed by atoms with Gasteiger partial charge in [-0.2, -0.15) is 0 Å². The van der Waals surface area contributed by atoms with Crippen molar-refractivity contribution < 1.29 is 4.79 Å². The predicted octanol–water partition coefficient (Wildman–Crippen LogP) is 0.312. The van der Waals surface area contributed by atoms with Gasteiger partial charge in [-0.05, 0) is 19.2 Å². The second-order valence-corrected chi connectivity index (χ2v) is 5.95. The minimum atomic E-state index is -0.0989. The van der Waals surface area contributed by atoms with Crippen molar-refractivity contribution in [2.75, 3.05) is 33.2 Å². The molecule has 0 aliphatic carbocycles. The predicted molar refractivity (Wildman–Crippen MR) is 76.1 cm³/mol. The summed E-state index contributed by atoms with van der Waals surface area (Å²) in [5.74, 6) is 0.0891. The van der Waals surface area contributed by atoms with Crippen LogP contribution < -0.4 is 10.6 Å². The van der Waals surface area contributed by atoms with Crippen LogP contribution in [0.15, 0.2) is 18.3 Å². The molecule has 1 amide bonds. The number of carbonyl (C=O) groups excluding carboxylic acids is 1. The Morgan fingerprint density at radius 1 is 1.58 bits per heavy atom. The summed E-state index contributed by atoms with van der Waals surface area (Å²) in [7, 11) is 2.05. The summed E-state index contributed by atoms with van der Waals surface area (Å²) in [4.78, 5) is 17.5. The molecule has 3 N–H and O–H groups in total. The Balaban J connectivity index is 1.86. The zero-order valence-electron chi connectivity index (χ0n) is 12.0. The molecule has 1 saturated heterocycles. The van der Waals surface area contributed by atoms with Gasteiger partial charge in [0.2, 0.25) is 5.91 Å². The molecule has 5 heteroatoms. The van der Waals surface area contributed by atoms with Crippen LogP contribution in [0, 0.1) is 0 Å². The van der Waals surface area contributed by atoms with E-state index in [-0.39, 0.29) is 17.4 Å². The smallest absolute Gasteiger partial charge is 0.238 e. The maximum absolute atomic E-state index is 12.1. The molecule has 0 radical (unpaired) electrons. The normalized spacial score (nSPS) is 21.3. The summed E-state index contributed by atoms with van der Waals surface area (Å²) >= 11 is 0. The first-order chi connectivity index (χ1) is 8.99. The molecule has 1 aliphatic heterocycles. The van der Waals surface area contributed by atoms with Crippen LogP contribution in [0.4, 0.5) is 0 Å². The van der Waals surface area contributed by atoms with E-state index in [1.807, 2.05) is 19.3 Å². The van der Waals surface area contributed by atoms with E-state index >= 15 is 0 Å². The number of amides is 1. The molecule has 19 heavy (non-hydrogen) atoms. The van der Waals surface area contributed by atoms with Gasteiger partial charge in [-0.15, -0.1) is 0 Å². The van der Waals surface area contributed by atoms with E-state index in [1.54, 1.807) is 0 Å². The second-order valence-electron chi connectivity index (χ2n) is 5.95. The maximum atomic E-state index is 12.1. The maximum Gasteiger partial charge on any atom is 0.238 e. The highest BCUT2D eigenvalue weighted by Crippen LogP contribution is 2.19. The first-order valence-electron chi connectivity index (χ1n) is 6.82. The monoisotopic (exact) mass is 264 g/mol. The fourth-order valence-electron chi connectivity index (χ4n) is 2.35. The average molecular weight is 264 g/mol. The Kier molecular flexibility index (Phi) is 4.27. The number of rotatable bonds is 4. The molecule has 2 heterocycles. The number of carbonyl (C=O) groups is 1. The molecule has 0 aromatic carbocycles. The van der Waals surface area contributed by atoms with Gasteiger partial charge in [0.25, 0.3) is 0 Å². The molecule has 0 spiro atoms. The Labute approximate surface area is 114 Å². The first-order valence-corrected chi connectivity index (χ1v) is 6.82. The highest BCUT2D eigenvalue weighted by atomic mass is 16.2. The molecular weight excluding hydrogens is 240 g/mol. The van der Waals surface area contributed by atoms with Crippen molar-refractivity contribution in [2.24, 2.45) is 0 Å². The first kappa shape index (κ1) is 14.1. The Morgan fingerprint density at radius 3 is 3.00 bits per heavy atom. The van der Waals surface area contributed by atoms with Crippen LogP contribution in [-0.4, -0.2) is 55.1 Å². The summed E-state index contributed by atoms with van der Waals surface area (Å²) < 4.78 is 0. The third kappa shape index (κ3) is 3.58. The lowest BCUT2D eigenvalue weighted by Crippen LogP contribution is -2.57. The Hall–Kier alpha value is -1.33. The van der Waals surface area contributed by atoms with Crippen molar-refractivity contribution >= 4 is 5.91 Å². The van der Waals surface area contributed by atoms with Gasteiger partial charge in [0.15, 0.2) is 0 Å². The van der Waals surface area contributed by atoms with Gasteiger partial charge >= 0.3 is 0 Å². The minimum Gasteiger partial charge on any atom is -0.364 e. The van der Waals surface area contributed by atoms with E-state index in [0.29, 0.717) is 6.54 Å². The molecule has 1 aliphatic rings. The van der Waals surface area contributed by atoms with Crippen LogP contribution in [0.25, 0.3) is 0 Å². The fraction of sp³-hybridized carbons (Fsp3) is 0.643. The molecule has 106 valence electrons. The number of H-pyrrole nitrogens is 1. The summed E-state index contributed by atoms with van der Waals surface area (Å²) in [5.41, 5.74) is 1.06. The van der Waals surface area contributed by atoms with Gasteiger partial charge in [0, 0.05) is 43.5 Å². The Morgan fingerprint density at radius 2 is 2.37 bits per heavy atom. The average Bonchev–Trinajstić information content (AvgIpc) is 2.90. The molecule has 0 bridgehead atoms. The largest absolute Gasteiger partial charge is 0.364 e. The van der Waals surface area contributed by atoms with E-state index in [0.717, 1.165) is 25.3 Å². The van der Waals surface area contributed by atoms with Crippen LogP contribution in [0.1, 0.15) is 19.5 Å². The van der Waals surface area contributed by atoms with E-state index in [2.05, 4.69) is 40.4 Å². The van der Waals surface area contributed by atoms with Crippen molar-refractivity contribution in [3.8, 4) is 0 Å². The lowest BCUT2D eigenvalue weighted by atomic mass is 9.89. The van der Waals surface area contributed by atoms with Crippen LogP contribution in [-0.2, 0) is 10.2 Å². The lowest BCUT2D eigenvalue weighted by molar-refractivity contribution is -0.124. The number of nitrogens with one attached hydrogen (secondary N) is 3. The van der Waals surface area contributed by atoms with Gasteiger partial charge in [-0.3, -0.25) is 4.79 Å². The highest BCUT2D eigenvalue weighted by molar-refractivity contribution is 5.82. The van der Waals surface area contributed by atoms with Crippen molar-refractivity contribution in [2.45, 2.75) is 25.3 Å². The highest BCUT2D eigenvalue weighted by Gasteiger charge is 2.26. The fourth-order valence-corrected chi connectivity index (χ4v) is 2.35. The van der Waals surface area contributed by atoms with Crippen molar-refractivity contribution in [1.29, 1.82) is 0 Å². The molecule has 1 fully saturated rings. The van der Waals surface area contributed by atoms with Gasteiger partial charge in [0.1, 0.15) is 0 Å². The van der Waals surface area contributed by atoms with Crippen molar-refractivity contribution in [3.05, 3.63) is 24.0 Å². The molecule has 1 aromatic rings. The van der Waals surface area contributed by atoms with E-state index in [1.165, 1.54) is 0 Å². The summed E-state index contributed by atoms with van der Waals surface area (Å²) in [5, 5.41) is 6.31. The summed E-state index contributed by atoms with van der Waals surface area (Å²) in [6.45, 7) is 7.52. The van der Waals surface area contributed by atoms with Crippen LogP contribution in [0.3, 0.4) is 0 Å². The zero-order valence-corrected chi connectivity index (χ0v) is 12.0. The second kappa shape index (κ2) is 5.75. The number of aromatic amines is 1. The topological polar surface area (TPSA) is 60.2 Å². The zero-order chi connectivity index (χ0) is 13.9. The number of hydrogen-bond donors (Lipinski definition) is 3. The number of hydrogen-bond acceptors (Lipinski definition) is 3. The molecule has 1 atom stereocenters. The minimum absolute atomic E-state index is 0.0836. The van der Waals surface area contributed by atoms with Gasteiger partial charge in [0.05, 0.1) is 6.04 Å². The lowest BCUT2D eigenvalue weighted by Gasteiger charge is -2.31. The van der Waals surface area contributed by atoms with Crippen LogP contribution in [0.2, 0.25) is 0 Å². The van der Waals surface area contributed by atoms with E-state index in [9.17, 15) is 4.79 Å². The third-order valence-electron chi connectivity index (χ3n) is 3.73. The molecular formula is C14H24N4O. The number of nitrogens with zero attached hydrogens (tertiary/aromatic N) is 1. The van der Waals surface area contributed by atoms with E-state index in [4.69, 9.17) is 0 Å². The molecule has 1 aromatic heterocycles. The SMILES string of the molecule is CN1CCNC(C(=O)NCC(C)(C)c2ccc[nH]2)C1. The van der Waals surface area contributed by atoms with Crippen LogP contribution >= 0.6 is 0 Å². The molecule has 1 unspecified atom stereocenters. The van der Waals surface area contributed by atoms with Crippen molar-refractivity contribution in [1.82, 2.24) is 20.5 Å². The Bertz CT molecular complexity index is 413. The third-order valence-corrected chi connectivity index (χ3v) is 3.73. The van der Waals surface area contributed by atoms with Gasteiger partial charge < -0.3 is 20.5 Å². The molecule has 2 rings (SSSR count). The van der Waals surface area contributed by atoms with Crippen molar-refractivity contribution in [3.63, 3.8) is 0 Å². The number of piperazine rings is 1. The summed E-state index contributed by atoms with van der Waals surface area (Å²) in [6, 6.07) is 3.94. The van der Waals surface area contributed by atoms with E-state index < -0.39 is 0 Å². The molecule has 0 saturated carbocycles. The van der Waals surface area contributed by atoms with Gasteiger partial charge in [-0.25, -0.2) is 0 Å². The number of aromatic nitrogens is 1. The molecule has 5 nitrogen and oxygen atoms in total.